The van der Waals surface area contributed by atoms with Crippen molar-refractivity contribution in [1.82, 2.24) is 0 Å². The second kappa shape index (κ2) is 18.6. The summed E-state index contributed by atoms with van der Waals surface area (Å²) in [6, 6.07) is 39.7. The zero-order valence-corrected chi connectivity index (χ0v) is 27.8. The lowest BCUT2D eigenvalue weighted by Crippen LogP contribution is -2.68. The van der Waals surface area contributed by atoms with Crippen molar-refractivity contribution in [3.63, 3.8) is 0 Å². The molecule has 0 spiro atoms. The summed E-state index contributed by atoms with van der Waals surface area (Å²) in [5.74, 6) is -2.02. The molecule has 0 bridgehead atoms. The van der Waals surface area contributed by atoms with Crippen molar-refractivity contribution >= 4 is 5.97 Å². The highest BCUT2D eigenvalue weighted by Gasteiger charge is 2.59. The van der Waals surface area contributed by atoms with Gasteiger partial charge in [0.25, 0.3) is 0 Å². The Morgan fingerprint density at radius 2 is 1.06 bits per heavy atom. The predicted octanol–water partition coefficient (Wildman–Crippen LogP) is 7.04. The van der Waals surface area contributed by atoms with Crippen LogP contribution in [0.2, 0.25) is 0 Å². The van der Waals surface area contributed by atoms with Crippen molar-refractivity contribution < 1.29 is 38.0 Å². The van der Waals surface area contributed by atoms with Gasteiger partial charge < -0.3 is 33.2 Å². The van der Waals surface area contributed by atoms with Crippen LogP contribution in [0.5, 0.6) is 0 Å². The second-order valence-electron chi connectivity index (χ2n) is 11.6. The van der Waals surface area contributed by atoms with Gasteiger partial charge in [-0.3, -0.25) is 4.79 Å². The molecule has 4 aromatic carbocycles. The first-order valence-corrected chi connectivity index (χ1v) is 16.7. The molecule has 5 atom stereocenters. The molecule has 4 aromatic rings. The number of rotatable bonds is 18. The lowest BCUT2D eigenvalue weighted by Gasteiger charge is -2.52. The van der Waals surface area contributed by atoms with E-state index in [0.717, 1.165) is 22.3 Å². The number of hydrogen-bond donors (Lipinski definition) is 0. The maximum atomic E-state index is 13.3. The van der Waals surface area contributed by atoms with Gasteiger partial charge in [-0.05, 0) is 36.1 Å². The molecule has 8 nitrogen and oxygen atoms in total. The summed E-state index contributed by atoms with van der Waals surface area (Å²) in [5, 5.41) is 0. The van der Waals surface area contributed by atoms with Crippen LogP contribution in [0, 0.1) is 0 Å². The Hall–Kier alpha value is -3.89. The zero-order chi connectivity index (χ0) is 33.4. The van der Waals surface area contributed by atoms with Crippen LogP contribution in [0.15, 0.2) is 121 Å². The van der Waals surface area contributed by atoms with Crippen molar-refractivity contribution in [2.45, 2.75) is 76.9 Å². The van der Waals surface area contributed by atoms with Gasteiger partial charge in [0.1, 0.15) is 30.8 Å². The van der Waals surface area contributed by atoms with Gasteiger partial charge in [-0.1, -0.05) is 121 Å². The molecule has 48 heavy (non-hydrogen) atoms. The highest BCUT2D eigenvalue weighted by molar-refractivity contribution is 5.70. The van der Waals surface area contributed by atoms with Gasteiger partial charge >= 0.3 is 5.97 Å². The molecule has 0 amide bonds. The van der Waals surface area contributed by atoms with Crippen molar-refractivity contribution in [2.24, 2.45) is 0 Å². The fourth-order valence-corrected chi connectivity index (χ4v) is 5.89. The third-order valence-electron chi connectivity index (χ3n) is 8.09. The maximum absolute atomic E-state index is 13.3. The minimum absolute atomic E-state index is 0.155. The van der Waals surface area contributed by atoms with Crippen LogP contribution < -0.4 is 0 Å². The van der Waals surface area contributed by atoms with Crippen LogP contribution in [0.1, 0.15) is 42.5 Å². The van der Waals surface area contributed by atoms with Crippen molar-refractivity contribution in [3.8, 4) is 0 Å². The smallest absolute Gasteiger partial charge is 0.311 e. The van der Waals surface area contributed by atoms with E-state index in [-0.39, 0.29) is 39.5 Å². The Balaban J connectivity index is 1.53. The summed E-state index contributed by atoms with van der Waals surface area (Å²) in [4.78, 5) is 13.3. The number of benzene rings is 4. The first-order chi connectivity index (χ1) is 23.6. The van der Waals surface area contributed by atoms with E-state index in [9.17, 15) is 4.79 Å². The van der Waals surface area contributed by atoms with E-state index in [0.29, 0.717) is 13.2 Å². The molecule has 1 aliphatic rings. The second-order valence-corrected chi connectivity index (χ2v) is 11.6. The van der Waals surface area contributed by atoms with Crippen LogP contribution in [0.4, 0.5) is 0 Å². The van der Waals surface area contributed by atoms with E-state index in [1.54, 1.807) is 6.92 Å². The van der Waals surface area contributed by atoms with Crippen molar-refractivity contribution in [2.75, 3.05) is 19.8 Å². The predicted molar refractivity (Wildman–Crippen MR) is 182 cm³/mol. The fraction of sp³-hybridized carbons (Fsp3) is 0.375. The summed E-state index contributed by atoms with van der Waals surface area (Å²) in [7, 11) is 0. The Morgan fingerprint density at radius 3 is 1.54 bits per heavy atom. The molecule has 1 saturated heterocycles. The quantitative estimate of drug-likeness (QED) is 0.106. The molecule has 8 heteroatoms. The topological polar surface area (TPSA) is 81.7 Å². The first-order valence-electron chi connectivity index (χ1n) is 16.7. The molecule has 254 valence electrons. The van der Waals surface area contributed by atoms with E-state index in [2.05, 4.69) is 0 Å². The molecular weight excluding hydrogens is 608 g/mol. The highest BCUT2D eigenvalue weighted by atomic mass is 16.7. The third-order valence-corrected chi connectivity index (χ3v) is 8.09. The Kier molecular flexibility index (Phi) is 13.7. The molecule has 1 aliphatic heterocycles. The summed E-state index contributed by atoms with van der Waals surface area (Å²) in [6.45, 7) is 5.45. The fourth-order valence-electron chi connectivity index (χ4n) is 5.89. The van der Waals surface area contributed by atoms with Gasteiger partial charge in [-0.2, -0.15) is 0 Å². The van der Waals surface area contributed by atoms with Gasteiger partial charge in [0.2, 0.25) is 5.79 Å². The molecule has 0 aromatic heterocycles. The first kappa shape index (κ1) is 35.4. The van der Waals surface area contributed by atoms with E-state index in [1.165, 1.54) is 0 Å². The molecule has 1 fully saturated rings. The number of hydrogen-bond acceptors (Lipinski definition) is 8. The molecule has 0 aliphatic carbocycles. The molecule has 0 unspecified atom stereocenters. The Bertz CT molecular complexity index is 1470. The van der Waals surface area contributed by atoms with Gasteiger partial charge in [-0.15, -0.1) is 0 Å². The van der Waals surface area contributed by atoms with E-state index >= 15 is 0 Å². The van der Waals surface area contributed by atoms with Crippen molar-refractivity contribution in [3.05, 3.63) is 144 Å². The van der Waals surface area contributed by atoms with E-state index < -0.39 is 36.2 Å². The summed E-state index contributed by atoms with van der Waals surface area (Å²) < 4.78 is 45.2. The van der Waals surface area contributed by atoms with Gasteiger partial charge in [-0.25, -0.2) is 0 Å². The minimum Gasteiger partial charge on any atom is -0.466 e. The molecule has 5 rings (SSSR count). The normalized spacial score (nSPS) is 22.3. The van der Waals surface area contributed by atoms with Crippen LogP contribution in [-0.2, 0) is 64.4 Å². The number of ether oxygens (including phenoxy) is 7. The van der Waals surface area contributed by atoms with Gasteiger partial charge in [0, 0.05) is 6.61 Å². The molecule has 1 heterocycles. The Labute approximate surface area is 283 Å². The van der Waals surface area contributed by atoms with Crippen LogP contribution in [0.3, 0.4) is 0 Å². The highest BCUT2D eigenvalue weighted by Crippen LogP contribution is 2.40. The van der Waals surface area contributed by atoms with E-state index in [1.807, 2.05) is 128 Å². The third kappa shape index (κ3) is 10.1. The monoisotopic (exact) mass is 654 g/mol. The van der Waals surface area contributed by atoms with Gasteiger partial charge in [0.05, 0.1) is 39.6 Å². The lowest BCUT2D eigenvalue weighted by atomic mass is 9.89. The summed E-state index contributed by atoms with van der Waals surface area (Å²) in [6.07, 6.45) is -3.15. The van der Waals surface area contributed by atoms with Crippen LogP contribution >= 0.6 is 0 Å². The summed E-state index contributed by atoms with van der Waals surface area (Å²) in [5.41, 5.74) is 3.96. The molecule has 0 N–H and O–H groups in total. The van der Waals surface area contributed by atoms with Crippen molar-refractivity contribution in [1.29, 1.82) is 0 Å². The van der Waals surface area contributed by atoms with Crippen LogP contribution in [-0.4, -0.2) is 56.0 Å². The Morgan fingerprint density at radius 1 is 0.604 bits per heavy atom. The molecule has 0 saturated carbocycles. The largest absolute Gasteiger partial charge is 0.466 e. The maximum Gasteiger partial charge on any atom is 0.311 e. The minimum atomic E-state index is -1.55. The summed E-state index contributed by atoms with van der Waals surface area (Å²) >= 11 is 0. The lowest BCUT2D eigenvalue weighted by molar-refractivity contribution is -0.382. The number of carbonyl (C=O) groups is 1. The van der Waals surface area contributed by atoms with Crippen LogP contribution in [0.25, 0.3) is 0 Å². The number of carbonyl (C=O) groups excluding carboxylic acids is 1. The molecule has 0 radical (unpaired) electrons. The SMILES string of the molecule is CCOC(=O)C[C@]1(OCC)O[C@H](COCc2ccccc2)[C@@H](OCc2ccccc2)[C@H](OCc2ccccc2)[C@H]1OCc1ccccc1. The standard InChI is InChI=1S/C40H46O8/c1-3-43-36(41)25-40(47-4-2)39(46-29-34-23-15-8-16-24-34)38(45-28-33-21-13-7-14-22-33)37(44-27-32-19-11-6-12-20-32)35(48-40)30-42-26-31-17-9-5-10-18-31/h5-24,35,37-39H,3-4,25-30H2,1-2H3/t35-,37-,38+,39-,40+/m1/s1. The van der Waals surface area contributed by atoms with Gasteiger partial charge in [0.15, 0.2) is 0 Å². The molecular formula is C40H46O8. The van der Waals surface area contributed by atoms with E-state index in [4.69, 9.17) is 33.2 Å². The zero-order valence-electron chi connectivity index (χ0n) is 27.8. The average Bonchev–Trinajstić information content (AvgIpc) is 3.12. The average molecular weight is 655 g/mol. The number of esters is 1.